The highest BCUT2D eigenvalue weighted by Gasteiger charge is 2.27. The molecule has 1 aliphatic heterocycles. The first-order valence-corrected chi connectivity index (χ1v) is 13.3. The van der Waals surface area contributed by atoms with Gasteiger partial charge < -0.3 is 20.4 Å². The summed E-state index contributed by atoms with van der Waals surface area (Å²) in [5.74, 6) is 0.474. The van der Waals surface area contributed by atoms with E-state index in [9.17, 15) is 15.0 Å². The Kier molecular flexibility index (Phi) is 7.40. The van der Waals surface area contributed by atoms with Crippen molar-refractivity contribution in [3.8, 4) is 16.9 Å². The van der Waals surface area contributed by atoms with E-state index in [1.54, 1.807) is 25.3 Å². The topological polar surface area (TPSA) is 85.7 Å². The van der Waals surface area contributed by atoms with Crippen LogP contribution in [0.2, 0.25) is 10.0 Å². The van der Waals surface area contributed by atoms with E-state index in [2.05, 4.69) is 15.2 Å². The number of hydrogen-bond acceptors (Lipinski definition) is 6. The second kappa shape index (κ2) is 10.5. The number of aliphatic hydroxyl groups is 1. The molecule has 36 heavy (non-hydrogen) atoms. The molecule has 0 bridgehead atoms. The Hall–Kier alpha value is -2.38. The van der Waals surface area contributed by atoms with Gasteiger partial charge in [0.1, 0.15) is 0 Å². The standard InChI is InChI=1S/C28H31Cl2N3O3/c1-16(34)23-13-31-26-7-4-18(19-11-24(29)28(36)25(30)12-19)10-22(26)27(23)32-20-5-2-17(3-6-20)14-33-9-8-21(35)15-33/h4,7,10-13,17,20-21,35-36H,2-3,5-6,8-9,14-15H2,1H3,(H,31,32)/t17-,20-,21?. The molecular formula is C28H31Cl2N3O3. The van der Waals surface area contributed by atoms with Crippen LogP contribution in [0, 0.1) is 5.92 Å². The lowest BCUT2D eigenvalue weighted by Crippen LogP contribution is -2.33. The van der Waals surface area contributed by atoms with Crippen LogP contribution in [0.3, 0.4) is 0 Å². The number of phenols is 1. The minimum Gasteiger partial charge on any atom is -0.505 e. The van der Waals surface area contributed by atoms with Gasteiger partial charge in [-0.2, -0.15) is 0 Å². The first kappa shape index (κ1) is 25.3. The van der Waals surface area contributed by atoms with Crippen molar-refractivity contribution < 1.29 is 15.0 Å². The van der Waals surface area contributed by atoms with E-state index in [-0.39, 0.29) is 33.7 Å². The van der Waals surface area contributed by atoms with Gasteiger partial charge in [0.05, 0.1) is 32.9 Å². The van der Waals surface area contributed by atoms with Crippen LogP contribution in [0.5, 0.6) is 5.75 Å². The summed E-state index contributed by atoms with van der Waals surface area (Å²) in [7, 11) is 0. The zero-order valence-electron chi connectivity index (χ0n) is 20.3. The number of carbonyl (C=O) groups excluding carboxylic acids is 1. The molecule has 1 atom stereocenters. The second-order valence-corrected chi connectivity index (χ2v) is 11.0. The number of fused-ring (bicyclic) bond motifs is 1. The number of β-amino-alcohol motifs (C(OH)–C–C–N with tert-alkyl or cyclic N) is 1. The molecular weight excluding hydrogens is 497 g/mol. The van der Waals surface area contributed by atoms with Gasteiger partial charge in [0.15, 0.2) is 11.5 Å². The number of ketones is 1. The zero-order chi connectivity index (χ0) is 25.4. The van der Waals surface area contributed by atoms with Crippen molar-refractivity contribution in [1.29, 1.82) is 0 Å². The molecule has 0 radical (unpaired) electrons. The number of halogens is 2. The fourth-order valence-electron chi connectivity index (χ4n) is 5.56. The first-order chi connectivity index (χ1) is 17.3. The number of rotatable bonds is 6. The summed E-state index contributed by atoms with van der Waals surface area (Å²) in [6.07, 6.45) is 6.68. The van der Waals surface area contributed by atoms with E-state index >= 15 is 0 Å². The average molecular weight is 528 g/mol. The summed E-state index contributed by atoms with van der Waals surface area (Å²) >= 11 is 12.3. The molecule has 3 N–H and O–H groups in total. The lowest BCUT2D eigenvalue weighted by Gasteiger charge is -2.32. The predicted octanol–water partition coefficient (Wildman–Crippen LogP) is 6.15. The maximum Gasteiger partial charge on any atom is 0.163 e. The molecule has 2 fully saturated rings. The Balaban J connectivity index is 1.40. The van der Waals surface area contributed by atoms with E-state index in [4.69, 9.17) is 23.2 Å². The largest absolute Gasteiger partial charge is 0.505 e. The van der Waals surface area contributed by atoms with Crippen molar-refractivity contribution in [3.05, 3.63) is 52.1 Å². The summed E-state index contributed by atoms with van der Waals surface area (Å²) in [4.78, 5) is 19.5. The highest BCUT2D eigenvalue weighted by Crippen LogP contribution is 2.39. The fourth-order valence-corrected chi connectivity index (χ4v) is 6.05. The van der Waals surface area contributed by atoms with Crippen molar-refractivity contribution in [2.45, 2.75) is 51.2 Å². The Bertz CT molecular complexity index is 1270. The van der Waals surface area contributed by atoms with Crippen LogP contribution in [0.15, 0.2) is 36.5 Å². The molecule has 3 aromatic rings. The van der Waals surface area contributed by atoms with Gasteiger partial charge >= 0.3 is 0 Å². The second-order valence-electron chi connectivity index (χ2n) is 10.2. The van der Waals surface area contributed by atoms with Crippen LogP contribution in [-0.2, 0) is 0 Å². The highest BCUT2D eigenvalue weighted by atomic mass is 35.5. The van der Waals surface area contributed by atoms with Crippen LogP contribution in [0.1, 0.15) is 49.4 Å². The number of Topliss-reactive ketones (excluding diaryl/α,β-unsaturated/α-hetero) is 1. The average Bonchev–Trinajstić information content (AvgIpc) is 3.27. The molecule has 1 saturated heterocycles. The number of aromatic nitrogens is 1. The SMILES string of the molecule is CC(=O)c1cnc2ccc(-c3cc(Cl)c(O)c(Cl)c3)cc2c1N[C@H]1CC[C@H](CN2CCC(O)C2)CC1. The number of pyridine rings is 1. The van der Waals surface area contributed by atoms with Crippen LogP contribution < -0.4 is 5.32 Å². The fraction of sp³-hybridized carbons (Fsp3) is 0.429. The van der Waals surface area contributed by atoms with Gasteiger partial charge in [0, 0.05) is 37.3 Å². The summed E-state index contributed by atoms with van der Waals surface area (Å²) < 4.78 is 0. The third-order valence-corrected chi connectivity index (χ3v) is 8.13. The first-order valence-electron chi connectivity index (χ1n) is 12.6. The molecule has 1 aromatic heterocycles. The normalized spacial score (nSPS) is 22.7. The van der Waals surface area contributed by atoms with Gasteiger partial charge in [-0.25, -0.2) is 0 Å². The van der Waals surface area contributed by atoms with Gasteiger partial charge in [0.2, 0.25) is 0 Å². The van der Waals surface area contributed by atoms with Crippen LogP contribution in [-0.4, -0.2) is 57.7 Å². The molecule has 2 aliphatic rings. The number of anilines is 1. The number of aliphatic hydroxyl groups excluding tert-OH is 1. The lowest BCUT2D eigenvalue weighted by atomic mass is 9.85. The number of likely N-dealkylation sites (tertiary alicyclic amines) is 1. The molecule has 0 amide bonds. The molecule has 2 heterocycles. The molecule has 1 saturated carbocycles. The summed E-state index contributed by atoms with van der Waals surface area (Å²) in [5, 5.41) is 24.7. The van der Waals surface area contributed by atoms with Crippen LogP contribution in [0.4, 0.5) is 5.69 Å². The number of nitrogens with one attached hydrogen (secondary N) is 1. The van der Waals surface area contributed by atoms with Crippen molar-refractivity contribution in [3.63, 3.8) is 0 Å². The number of aromatic hydroxyl groups is 1. The molecule has 1 aliphatic carbocycles. The third-order valence-electron chi connectivity index (χ3n) is 7.56. The Morgan fingerprint density at radius 2 is 1.81 bits per heavy atom. The number of carbonyl (C=O) groups is 1. The minimum absolute atomic E-state index is 0.0331. The molecule has 8 heteroatoms. The van der Waals surface area contributed by atoms with Gasteiger partial charge in [-0.3, -0.25) is 9.78 Å². The Morgan fingerprint density at radius 3 is 2.44 bits per heavy atom. The molecule has 5 rings (SSSR count). The molecule has 6 nitrogen and oxygen atoms in total. The van der Waals surface area contributed by atoms with Crippen molar-refractivity contribution in [2.75, 3.05) is 25.0 Å². The van der Waals surface area contributed by atoms with Gasteiger partial charge in [0.25, 0.3) is 0 Å². The monoisotopic (exact) mass is 527 g/mol. The van der Waals surface area contributed by atoms with Gasteiger partial charge in [-0.05, 0) is 80.3 Å². The smallest absolute Gasteiger partial charge is 0.163 e. The lowest BCUT2D eigenvalue weighted by molar-refractivity contribution is 0.101. The number of hydrogen-bond donors (Lipinski definition) is 3. The number of nitrogens with zero attached hydrogens (tertiary/aromatic N) is 2. The molecule has 190 valence electrons. The van der Waals surface area contributed by atoms with E-state index < -0.39 is 0 Å². The maximum atomic E-state index is 12.5. The highest BCUT2D eigenvalue weighted by molar-refractivity contribution is 6.37. The van der Waals surface area contributed by atoms with E-state index in [0.717, 1.165) is 79.5 Å². The quantitative estimate of drug-likeness (QED) is 0.333. The van der Waals surface area contributed by atoms with E-state index in [1.165, 1.54) is 0 Å². The molecule has 1 unspecified atom stereocenters. The summed E-state index contributed by atoms with van der Waals surface area (Å²) in [6.45, 7) is 4.41. The van der Waals surface area contributed by atoms with Crippen LogP contribution in [0.25, 0.3) is 22.0 Å². The summed E-state index contributed by atoms with van der Waals surface area (Å²) in [6, 6.07) is 9.50. The van der Waals surface area contributed by atoms with E-state index in [1.807, 2.05) is 18.2 Å². The molecule has 2 aromatic carbocycles. The molecule has 0 spiro atoms. The van der Waals surface area contributed by atoms with Crippen molar-refractivity contribution >= 4 is 45.6 Å². The van der Waals surface area contributed by atoms with Gasteiger partial charge in [-0.15, -0.1) is 0 Å². The minimum atomic E-state index is -0.175. The van der Waals surface area contributed by atoms with Crippen molar-refractivity contribution in [2.24, 2.45) is 5.92 Å². The predicted molar refractivity (Wildman–Crippen MR) is 145 cm³/mol. The Morgan fingerprint density at radius 1 is 1.08 bits per heavy atom. The van der Waals surface area contributed by atoms with Crippen LogP contribution >= 0.6 is 23.2 Å². The summed E-state index contributed by atoms with van der Waals surface area (Å²) in [5.41, 5.74) is 3.83. The third kappa shape index (κ3) is 5.32. The maximum absolute atomic E-state index is 12.5. The zero-order valence-corrected chi connectivity index (χ0v) is 21.8. The Labute approximate surface area is 221 Å². The van der Waals surface area contributed by atoms with E-state index in [0.29, 0.717) is 11.5 Å². The van der Waals surface area contributed by atoms with Gasteiger partial charge in [-0.1, -0.05) is 29.3 Å². The van der Waals surface area contributed by atoms with Crippen molar-refractivity contribution in [1.82, 2.24) is 9.88 Å². The number of benzene rings is 2. The number of phenolic OH excluding ortho intramolecular Hbond substituents is 1.